The lowest BCUT2D eigenvalue weighted by Gasteiger charge is -2.36. The van der Waals surface area contributed by atoms with Crippen molar-refractivity contribution in [2.24, 2.45) is 5.92 Å². The molecule has 2 aromatic rings. The van der Waals surface area contributed by atoms with Crippen LogP contribution in [-0.4, -0.2) is 34.8 Å². The highest BCUT2D eigenvalue weighted by molar-refractivity contribution is 7.15. The molecule has 1 aliphatic carbocycles. The number of aliphatic hydroxyl groups excluding tert-OH is 1. The van der Waals surface area contributed by atoms with Gasteiger partial charge in [0.1, 0.15) is 17.4 Å². The highest BCUT2D eigenvalue weighted by atomic mass is 35.5. The third-order valence-corrected chi connectivity index (χ3v) is 8.67. The van der Waals surface area contributed by atoms with Gasteiger partial charge in [0.05, 0.1) is 15.1 Å². The summed E-state index contributed by atoms with van der Waals surface area (Å²) in [7, 11) is 0. The summed E-state index contributed by atoms with van der Waals surface area (Å²) in [6.07, 6.45) is -11.9. The number of hydrogen-bond donors (Lipinski definition) is 1. The Morgan fingerprint density at radius 1 is 1.14 bits per heavy atom. The molecule has 192 valence electrons. The average Bonchev–Trinajstić information content (AvgIpc) is 3.40. The predicted molar refractivity (Wildman–Crippen MR) is 120 cm³/mol. The maximum Gasteiger partial charge on any atom is 0.434 e. The molecule has 1 N–H and O–H groups in total. The number of aryl methyl sites for hydroxylation is 1. The number of Topliss-reactive ketones (excluding diaryl/α,β-unsaturated/α-hetero) is 1. The number of benzene rings is 1. The molecule has 1 aromatic heterocycles. The van der Waals surface area contributed by atoms with Crippen LogP contribution < -0.4 is 4.90 Å². The van der Waals surface area contributed by atoms with E-state index >= 15 is 0 Å². The number of aliphatic hydroxyl groups is 1. The summed E-state index contributed by atoms with van der Waals surface area (Å²) in [6.45, 7) is -0.441. The molecule has 1 aliphatic heterocycles. The molecular formula is C21H17Cl3F6N2O2S. The normalized spacial score (nSPS) is 23.3. The van der Waals surface area contributed by atoms with Crippen LogP contribution >= 0.6 is 46.1 Å². The van der Waals surface area contributed by atoms with E-state index in [0.29, 0.717) is 24.2 Å². The van der Waals surface area contributed by atoms with Gasteiger partial charge in [-0.05, 0) is 43.4 Å². The van der Waals surface area contributed by atoms with E-state index in [0.717, 1.165) is 17.0 Å². The Balaban J connectivity index is 1.71. The van der Waals surface area contributed by atoms with Gasteiger partial charge in [0.2, 0.25) is 0 Å². The van der Waals surface area contributed by atoms with Crippen molar-refractivity contribution < 1.29 is 36.2 Å². The van der Waals surface area contributed by atoms with Crippen LogP contribution in [0.15, 0.2) is 12.1 Å². The minimum atomic E-state index is -5.02. The van der Waals surface area contributed by atoms with E-state index in [4.69, 9.17) is 34.8 Å². The fourth-order valence-corrected chi connectivity index (χ4v) is 6.00. The topological polar surface area (TPSA) is 53.4 Å². The van der Waals surface area contributed by atoms with E-state index in [-0.39, 0.29) is 44.5 Å². The minimum absolute atomic E-state index is 0.119. The standard InChI is InChI=1S/C21H17Cl3F6N2O2S/c22-11-7-10(8-12(23)15(11)24)19(21(28,29)30)5-6-32(17(19)34)18-31-16(20(25,26)27)14(35-18)4-3-13(33)9-1-2-9/h7-9,17,34H,1-6H2. The summed E-state index contributed by atoms with van der Waals surface area (Å²) >= 11 is 18.2. The van der Waals surface area contributed by atoms with Gasteiger partial charge in [0.25, 0.3) is 0 Å². The lowest BCUT2D eigenvalue weighted by molar-refractivity contribution is -0.210. The van der Waals surface area contributed by atoms with Crippen molar-refractivity contribution >= 4 is 57.1 Å². The molecule has 4 rings (SSSR count). The van der Waals surface area contributed by atoms with Crippen LogP contribution in [0.3, 0.4) is 0 Å². The molecule has 0 amide bonds. The van der Waals surface area contributed by atoms with Crippen LogP contribution in [0.1, 0.15) is 41.8 Å². The second-order valence-corrected chi connectivity index (χ2v) is 10.8. The second-order valence-electron chi connectivity index (χ2n) is 8.55. The molecule has 2 unspecified atom stereocenters. The molecule has 35 heavy (non-hydrogen) atoms. The Kier molecular flexibility index (Phi) is 7.07. The van der Waals surface area contributed by atoms with Crippen molar-refractivity contribution in [3.63, 3.8) is 0 Å². The molecule has 0 spiro atoms. The zero-order valence-electron chi connectivity index (χ0n) is 17.6. The summed E-state index contributed by atoms with van der Waals surface area (Å²) in [5.41, 5.74) is -4.64. The van der Waals surface area contributed by atoms with Gasteiger partial charge in [-0.25, -0.2) is 4.98 Å². The van der Waals surface area contributed by atoms with Crippen molar-refractivity contribution in [3.8, 4) is 0 Å². The number of rotatable bonds is 6. The van der Waals surface area contributed by atoms with Gasteiger partial charge in [0.15, 0.2) is 10.8 Å². The number of halogens is 9. The van der Waals surface area contributed by atoms with Gasteiger partial charge in [0, 0.05) is 23.8 Å². The third-order valence-electron chi connectivity index (χ3n) is 6.32. The summed E-state index contributed by atoms with van der Waals surface area (Å²) < 4.78 is 84.2. The van der Waals surface area contributed by atoms with Gasteiger partial charge in [-0.2, -0.15) is 26.3 Å². The van der Waals surface area contributed by atoms with E-state index < -0.39 is 53.4 Å². The lowest BCUT2D eigenvalue weighted by atomic mass is 9.77. The first-order chi connectivity index (χ1) is 16.2. The first kappa shape index (κ1) is 26.8. The minimum Gasteiger partial charge on any atom is -0.372 e. The number of nitrogens with zero attached hydrogens (tertiary/aromatic N) is 2. The van der Waals surface area contributed by atoms with Gasteiger partial charge in [-0.3, -0.25) is 4.79 Å². The fourth-order valence-electron chi connectivity index (χ4n) is 4.27. The number of anilines is 1. The van der Waals surface area contributed by atoms with Crippen LogP contribution in [-0.2, 0) is 22.8 Å². The van der Waals surface area contributed by atoms with Gasteiger partial charge in [-0.15, -0.1) is 11.3 Å². The molecule has 4 nitrogen and oxygen atoms in total. The first-order valence-electron chi connectivity index (χ1n) is 10.4. The van der Waals surface area contributed by atoms with Crippen LogP contribution in [0.4, 0.5) is 31.5 Å². The van der Waals surface area contributed by atoms with Crippen molar-refractivity contribution in [2.45, 2.75) is 56.1 Å². The van der Waals surface area contributed by atoms with Gasteiger partial charge >= 0.3 is 12.4 Å². The van der Waals surface area contributed by atoms with Crippen molar-refractivity contribution in [1.82, 2.24) is 4.98 Å². The Morgan fingerprint density at radius 2 is 1.74 bits per heavy atom. The van der Waals surface area contributed by atoms with E-state index in [2.05, 4.69) is 4.98 Å². The van der Waals surface area contributed by atoms with Gasteiger partial charge in [-0.1, -0.05) is 34.8 Å². The quantitative estimate of drug-likeness (QED) is 0.293. The van der Waals surface area contributed by atoms with E-state index in [9.17, 15) is 36.2 Å². The highest BCUT2D eigenvalue weighted by Gasteiger charge is 2.65. The van der Waals surface area contributed by atoms with Gasteiger partial charge < -0.3 is 10.0 Å². The van der Waals surface area contributed by atoms with Crippen LogP contribution in [0.25, 0.3) is 0 Å². The first-order valence-corrected chi connectivity index (χ1v) is 12.4. The van der Waals surface area contributed by atoms with Crippen LogP contribution in [0, 0.1) is 5.92 Å². The monoisotopic (exact) mass is 580 g/mol. The number of carbonyl (C=O) groups excluding carboxylic acids is 1. The van der Waals surface area contributed by atoms with E-state index in [1.54, 1.807) is 0 Å². The summed E-state index contributed by atoms with van der Waals surface area (Å²) in [5.74, 6) is -0.288. The van der Waals surface area contributed by atoms with Crippen molar-refractivity contribution in [2.75, 3.05) is 11.4 Å². The van der Waals surface area contributed by atoms with Crippen molar-refractivity contribution in [3.05, 3.63) is 43.3 Å². The van der Waals surface area contributed by atoms with E-state index in [1.807, 2.05) is 0 Å². The van der Waals surface area contributed by atoms with Crippen LogP contribution in [0.2, 0.25) is 15.1 Å². The molecular weight excluding hydrogens is 565 g/mol. The average molecular weight is 582 g/mol. The molecule has 0 radical (unpaired) electrons. The number of alkyl halides is 6. The maximum atomic E-state index is 14.4. The number of carbonyl (C=O) groups is 1. The molecule has 0 bridgehead atoms. The third kappa shape index (κ3) is 4.86. The largest absolute Gasteiger partial charge is 0.434 e. The van der Waals surface area contributed by atoms with E-state index in [1.165, 1.54) is 0 Å². The SMILES string of the molecule is O=C(CCc1sc(N2CCC(c3cc(Cl)c(Cl)c(Cl)c3)(C(F)(F)F)C2O)nc1C(F)(F)F)C1CC1. The zero-order valence-corrected chi connectivity index (χ0v) is 20.7. The Bertz CT molecular complexity index is 1130. The molecule has 2 heterocycles. The summed E-state index contributed by atoms with van der Waals surface area (Å²) in [6, 6.07) is 1.88. The molecule has 14 heteroatoms. The molecule has 1 saturated carbocycles. The summed E-state index contributed by atoms with van der Waals surface area (Å²) in [4.78, 5) is 16.1. The molecule has 2 aliphatic rings. The highest BCUT2D eigenvalue weighted by Crippen LogP contribution is 2.54. The second kappa shape index (κ2) is 9.24. The number of thiazole rings is 1. The Hall–Kier alpha value is -1.27. The maximum absolute atomic E-state index is 14.4. The Morgan fingerprint density at radius 3 is 2.26 bits per heavy atom. The zero-order chi connectivity index (χ0) is 25.9. The molecule has 2 atom stereocenters. The van der Waals surface area contributed by atoms with Crippen molar-refractivity contribution in [1.29, 1.82) is 0 Å². The number of aromatic nitrogens is 1. The molecule has 1 aromatic carbocycles. The Labute approximate surface area is 214 Å². The number of hydrogen-bond acceptors (Lipinski definition) is 5. The predicted octanol–water partition coefficient (Wildman–Crippen LogP) is 7.06. The lowest BCUT2D eigenvalue weighted by Crippen LogP contribution is -2.52. The molecule has 1 saturated heterocycles. The molecule has 2 fully saturated rings. The number of ketones is 1. The summed E-state index contributed by atoms with van der Waals surface area (Å²) in [5, 5.41) is 9.80. The van der Waals surface area contributed by atoms with Crippen LogP contribution in [0.5, 0.6) is 0 Å². The smallest absolute Gasteiger partial charge is 0.372 e. The fraction of sp³-hybridized carbons (Fsp3) is 0.524.